The van der Waals surface area contributed by atoms with Crippen molar-refractivity contribution in [1.82, 2.24) is 15.1 Å². The summed E-state index contributed by atoms with van der Waals surface area (Å²) in [7, 11) is 1.58. The van der Waals surface area contributed by atoms with Crippen molar-refractivity contribution in [3.05, 3.63) is 11.9 Å². The van der Waals surface area contributed by atoms with E-state index in [1.165, 1.54) is 19.3 Å². The van der Waals surface area contributed by atoms with Gasteiger partial charge in [0.25, 0.3) is 0 Å². The van der Waals surface area contributed by atoms with E-state index in [0.29, 0.717) is 23.9 Å². The average molecular weight is 279 g/mol. The van der Waals surface area contributed by atoms with Gasteiger partial charge < -0.3 is 10.1 Å². The summed E-state index contributed by atoms with van der Waals surface area (Å²) >= 11 is 0. The Labute approximate surface area is 120 Å². The summed E-state index contributed by atoms with van der Waals surface area (Å²) in [5, 5.41) is 7.74. The number of Topliss-reactive ketones (excluding diaryl/α,β-unsaturated/α-hetero) is 1. The number of ketones is 1. The van der Waals surface area contributed by atoms with Gasteiger partial charge in [0.05, 0.1) is 13.3 Å². The van der Waals surface area contributed by atoms with Crippen molar-refractivity contribution in [1.29, 1.82) is 0 Å². The van der Waals surface area contributed by atoms with Gasteiger partial charge in [0, 0.05) is 18.5 Å². The first-order valence-electron chi connectivity index (χ1n) is 7.51. The Morgan fingerprint density at radius 3 is 2.95 bits per heavy atom. The lowest BCUT2D eigenvalue weighted by atomic mass is 9.98. The number of methoxy groups -OCH3 is 1. The fraction of sp³-hybridized carbons (Fsp3) is 0.733. The molecule has 0 amide bonds. The molecule has 1 N–H and O–H groups in total. The number of rotatable bonds is 6. The Hall–Kier alpha value is -1.36. The second kappa shape index (κ2) is 6.88. The highest BCUT2D eigenvalue weighted by Crippen LogP contribution is 2.24. The Morgan fingerprint density at radius 1 is 1.55 bits per heavy atom. The second-order valence-electron chi connectivity index (χ2n) is 5.71. The quantitative estimate of drug-likeness (QED) is 0.813. The van der Waals surface area contributed by atoms with Crippen LogP contribution in [0.5, 0.6) is 5.75 Å². The first-order valence-corrected chi connectivity index (χ1v) is 7.51. The van der Waals surface area contributed by atoms with Crippen molar-refractivity contribution in [2.45, 2.75) is 58.0 Å². The number of ether oxygens (including phenoxy) is 1. The van der Waals surface area contributed by atoms with E-state index in [2.05, 4.69) is 10.4 Å². The number of hydrogen-bond acceptors (Lipinski definition) is 4. The zero-order valence-corrected chi connectivity index (χ0v) is 12.7. The van der Waals surface area contributed by atoms with Gasteiger partial charge in [0.2, 0.25) is 0 Å². The van der Waals surface area contributed by atoms with Gasteiger partial charge in [-0.25, -0.2) is 0 Å². The number of nitrogens with zero attached hydrogens (tertiary/aromatic N) is 2. The molecule has 0 spiro atoms. The second-order valence-corrected chi connectivity index (χ2v) is 5.71. The summed E-state index contributed by atoms with van der Waals surface area (Å²) in [5.41, 5.74) is 0.610. The normalized spacial score (nSPS) is 19.3. The molecule has 2 heterocycles. The van der Waals surface area contributed by atoms with Crippen LogP contribution in [0.25, 0.3) is 0 Å². The highest BCUT2D eigenvalue weighted by atomic mass is 16.5. The van der Waals surface area contributed by atoms with E-state index in [0.717, 1.165) is 13.0 Å². The molecule has 0 radical (unpaired) electrons. The summed E-state index contributed by atoms with van der Waals surface area (Å²) in [6, 6.07) is 0.639. The van der Waals surface area contributed by atoms with E-state index in [-0.39, 0.29) is 11.8 Å². The summed E-state index contributed by atoms with van der Waals surface area (Å²) in [6.45, 7) is 5.12. The molecule has 1 atom stereocenters. The van der Waals surface area contributed by atoms with Crippen LogP contribution in [0.15, 0.2) is 6.20 Å². The van der Waals surface area contributed by atoms with Crippen LogP contribution in [-0.4, -0.2) is 35.3 Å². The van der Waals surface area contributed by atoms with Gasteiger partial charge in [-0.1, -0.05) is 6.42 Å². The van der Waals surface area contributed by atoms with Gasteiger partial charge >= 0.3 is 0 Å². The predicted molar refractivity (Wildman–Crippen MR) is 78.4 cm³/mol. The molecular formula is C15H25N3O2. The molecule has 112 valence electrons. The van der Waals surface area contributed by atoms with E-state index in [1.807, 2.05) is 13.8 Å². The van der Waals surface area contributed by atoms with Crippen LogP contribution >= 0.6 is 0 Å². The van der Waals surface area contributed by atoms with Crippen LogP contribution in [0.4, 0.5) is 0 Å². The number of carbonyl (C=O) groups excluding carboxylic acids is 1. The highest BCUT2D eigenvalue weighted by Gasteiger charge is 2.22. The molecule has 1 aromatic heterocycles. The number of hydrogen-bond donors (Lipinski definition) is 1. The van der Waals surface area contributed by atoms with Gasteiger partial charge in [0.15, 0.2) is 11.5 Å². The lowest BCUT2D eigenvalue weighted by Gasteiger charge is -2.23. The van der Waals surface area contributed by atoms with Crippen molar-refractivity contribution < 1.29 is 9.53 Å². The summed E-state index contributed by atoms with van der Waals surface area (Å²) in [6.07, 6.45) is 6.76. The number of aromatic nitrogens is 2. The van der Waals surface area contributed by atoms with E-state index in [9.17, 15) is 4.79 Å². The Morgan fingerprint density at radius 2 is 2.35 bits per heavy atom. The molecule has 1 saturated heterocycles. The molecule has 1 fully saturated rings. The number of piperidine rings is 1. The van der Waals surface area contributed by atoms with Gasteiger partial charge in [-0.2, -0.15) is 5.10 Å². The van der Waals surface area contributed by atoms with E-state index in [4.69, 9.17) is 4.74 Å². The minimum absolute atomic E-state index is 0.125. The van der Waals surface area contributed by atoms with E-state index >= 15 is 0 Å². The van der Waals surface area contributed by atoms with Crippen LogP contribution in [0.1, 0.15) is 62.5 Å². The third-order valence-electron chi connectivity index (χ3n) is 3.87. The molecule has 0 aromatic carbocycles. The maximum atomic E-state index is 12.5. The van der Waals surface area contributed by atoms with Gasteiger partial charge in [-0.15, -0.1) is 0 Å². The maximum absolute atomic E-state index is 12.5. The molecule has 2 rings (SSSR count). The minimum Gasteiger partial charge on any atom is -0.493 e. The minimum atomic E-state index is 0.125. The lowest BCUT2D eigenvalue weighted by molar-refractivity contribution is 0.0958. The standard InChI is InChI=1S/C15H25N3O2/c1-11(2)18-15(14(20-3)10-17-18)13(19)8-7-12-6-4-5-9-16-12/h10-12,16H,4-9H2,1-3H3. The third-order valence-corrected chi connectivity index (χ3v) is 3.87. The number of nitrogens with one attached hydrogen (secondary N) is 1. The SMILES string of the molecule is COc1cnn(C(C)C)c1C(=O)CCC1CCCCN1. The van der Waals surface area contributed by atoms with Crippen molar-refractivity contribution in [3.8, 4) is 5.75 Å². The summed E-state index contributed by atoms with van der Waals surface area (Å²) < 4.78 is 7.03. The molecular weight excluding hydrogens is 254 g/mol. The molecule has 0 saturated carbocycles. The molecule has 20 heavy (non-hydrogen) atoms. The topological polar surface area (TPSA) is 56.2 Å². The van der Waals surface area contributed by atoms with Crippen molar-refractivity contribution in [2.75, 3.05) is 13.7 Å². The number of carbonyl (C=O) groups is 1. The Bertz CT molecular complexity index is 448. The predicted octanol–water partition coefficient (Wildman–Crippen LogP) is 2.58. The molecule has 5 heteroatoms. The van der Waals surface area contributed by atoms with Crippen molar-refractivity contribution in [2.24, 2.45) is 0 Å². The highest BCUT2D eigenvalue weighted by molar-refractivity contribution is 5.97. The van der Waals surface area contributed by atoms with Gasteiger partial charge in [-0.3, -0.25) is 9.48 Å². The summed E-state index contributed by atoms with van der Waals surface area (Å²) in [5.74, 6) is 0.709. The van der Waals surface area contributed by atoms with Crippen LogP contribution in [0.3, 0.4) is 0 Å². The Balaban J connectivity index is 2.02. The largest absolute Gasteiger partial charge is 0.493 e. The third kappa shape index (κ3) is 3.39. The van der Waals surface area contributed by atoms with Crippen molar-refractivity contribution >= 4 is 5.78 Å². The molecule has 1 unspecified atom stereocenters. The first kappa shape index (κ1) is 15.0. The van der Waals surface area contributed by atoms with Crippen LogP contribution < -0.4 is 10.1 Å². The monoisotopic (exact) mass is 279 g/mol. The summed E-state index contributed by atoms with van der Waals surface area (Å²) in [4.78, 5) is 12.5. The molecule has 1 aromatic rings. The molecule has 1 aliphatic heterocycles. The molecule has 0 aliphatic carbocycles. The van der Waals surface area contributed by atoms with Crippen LogP contribution in [0.2, 0.25) is 0 Å². The van der Waals surface area contributed by atoms with Crippen LogP contribution in [-0.2, 0) is 0 Å². The van der Waals surface area contributed by atoms with Gasteiger partial charge in [-0.05, 0) is 39.7 Å². The fourth-order valence-electron chi connectivity index (χ4n) is 2.75. The average Bonchev–Trinajstić information content (AvgIpc) is 2.90. The van der Waals surface area contributed by atoms with Crippen molar-refractivity contribution in [3.63, 3.8) is 0 Å². The first-order chi connectivity index (χ1) is 9.63. The Kier molecular flexibility index (Phi) is 5.17. The molecule has 1 aliphatic rings. The molecule has 5 nitrogen and oxygen atoms in total. The molecule has 0 bridgehead atoms. The van der Waals surface area contributed by atoms with Crippen LogP contribution in [0, 0.1) is 0 Å². The van der Waals surface area contributed by atoms with Gasteiger partial charge in [0.1, 0.15) is 5.69 Å². The van der Waals surface area contributed by atoms with E-state index in [1.54, 1.807) is 18.0 Å². The zero-order valence-electron chi connectivity index (χ0n) is 12.7. The fourth-order valence-corrected chi connectivity index (χ4v) is 2.75. The lowest BCUT2D eigenvalue weighted by Crippen LogP contribution is -2.34. The van der Waals surface area contributed by atoms with E-state index < -0.39 is 0 Å². The maximum Gasteiger partial charge on any atom is 0.184 e. The smallest absolute Gasteiger partial charge is 0.184 e. The zero-order chi connectivity index (χ0) is 14.5.